The molecule has 2 heterocycles. The summed E-state index contributed by atoms with van der Waals surface area (Å²) in [6.45, 7) is 1.51. The number of amides is 1. The van der Waals surface area contributed by atoms with Gasteiger partial charge in [-0.1, -0.05) is 6.07 Å². The summed E-state index contributed by atoms with van der Waals surface area (Å²) in [5.41, 5.74) is 1.74. The highest BCUT2D eigenvalue weighted by Gasteiger charge is 2.09. The van der Waals surface area contributed by atoms with E-state index in [0.717, 1.165) is 30.0 Å². The van der Waals surface area contributed by atoms with Gasteiger partial charge in [0.25, 0.3) is 0 Å². The van der Waals surface area contributed by atoms with Gasteiger partial charge in [0.1, 0.15) is 10.0 Å². The van der Waals surface area contributed by atoms with Gasteiger partial charge in [-0.25, -0.2) is 9.97 Å². The van der Waals surface area contributed by atoms with Gasteiger partial charge in [0.05, 0.1) is 10.6 Å². The lowest BCUT2D eigenvalue weighted by atomic mass is 10.2. The molecular formula is C14H10IN3OS. The smallest absolute Gasteiger partial charge is 0.221 e. The number of nitrogens with zero attached hydrogens (tertiary/aromatic N) is 2. The average Bonchev–Trinajstić information content (AvgIpc) is 2.83. The van der Waals surface area contributed by atoms with Gasteiger partial charge in [0.2, 0.25) is 5.91 Å². The first kappa shape index (κ1) is 13.4. The Labute approximate surface area is 133 Å². The maximum absolute atomic E-state index is 11.2. The van der Waals surface area contributed by atoms with Crippen molar-refractivity contribution in [2.75, 3.05) is 5.32 Å². The molecule has 0 aliphatic rings. The van der Waals surface area contributed by atoms with Crippen molar-refractivity contribution in [3.05, 3.63) is 40.4 Å². The summed E-state index contributed by atoms with van der Waals surface area (Å²) in [7, 11) is 0. The standard InChI is InChI=1S/C14H10IN3OS/c1-8(19)18-10-3-2-4-12-9(10)5-13(20-12)11-6-14(15)17-7-16-11/h2-7H,1H3,(H,18,19). The lowest BCUT2D eigenvalue weighted by Gasteiger charge is -2.02. The lowest BCUT2D eigenvalue weighted by molar-refractivity contribution is -0.114. The predicted molar refractivity (Wildman–Crippen MR) is 89.9 cm³/mol. The van der Waals surface area contributed by atoms with Crippen molar-refractivity contribution >= 4 is 55.6 Å². The van der Waals surface area contributed by atoms with Gasteiger partial charge in [-0.3, -0.25) is 4.79 Å². The third-order valence-corrected chi connectivity index (χ3v) is 4.47. The van der Waals surface area contributed by atoms with E-state index in [2.05, 4.69) is 43.9 Å². The molecule has 0 bridgehead atoms. The first-order chi connectivity index (χ1) is 9.63. The summed E-state index contributed by atoms with van der Waals surface area (Å²) in [6, 6.07) is 9.90. The monoisotopic (exact) mass is 395 g/mol. The molecule has 20 heavy (non-hydrogen) atoms. The van der Waals surface area contributed by atoms with Crippen LogP contribution in [0.5, 0.6) is 0 Å². The SMILES string of the molecule is CC(=O)Nc1cccc2sc(-c3cc(I)ncn3)cc12. The third-order valence-electron chi connectivity index (χ3n) is 2.76. The fourth-order valence-electron chi connectivity index (χ4n) is 1.95. The first-order valence-corrected chi connectivity index (χ1v) is 7.81. The molecule has 0 saturated heterocycles. The Hall–Kier alpha value is -1.54. The van der Waals surface area contributed by atoms with Crippen LogP contribution in [0.3, 0.4) is 0 Å². The van der Waals surface area contributed by atoms with E-state index in [1.54, 1.807) is 17.7 Å². The zero-order valence-corrected chi connectivity index (χ0v) is 13.5. The topological polar surface area (TPSA) is 54.9 Å². The van der Waals surface area contributed by atoms with Crippen molar-refractivity contribution < 1.29 is 4.79 Å². The second kappa shape index (κ2) is 5.45. The molecule has 4 nitrogen and oxygen atoms in total. The molecule has 0 atom stereocenters. The average molecular weight is 395 g/mol. The van der Waals surface area contributed by atoms with Crippen molar-refractivity contribution in [2.45, 2.75) is 6.92 Å². The normalized spacial score (nSPS) is 10.7. The minimum atomic E-state index is -0.0677. The molecule has 6 heteroatoms. The lowest BCUT2D eigenvalue weighted by Crippen LogP contribution is -2.05. The number of carbonyl (C=O) groups excluding carboxylic acids is 1. The Balaban J connectivity index is 2.13. The molecule has 100 valence electrons. The van der Waals surface area contributed by atoms with Crippen LogP contribution in [0.15, 0.2) is 36.7 Å². The number of carbonyl (C=O) groups is 1. The number of rotatable bonds is 2. The second-order valence-electron chi connectivity index (χ2n) is 4.24. The molecule has 0 spiro atoms. The molecule has 1 aromatic carbocycles. The van der Waals surface area contributed by atoms with Crippen molar-refractivity contribution in [2.24, 2.45) is 0 Å². The Morgan fingerprint density at radius 2 is 2.15 bits per heavy atom. The summed E-state index contributed by atoms with van der Waals surface area (Å²) in [4.78, 5) is 20.7. The van der Waals surface area contributed by atoms with E-state index in [0.29, 0.717) is 0 Å². The van der Waals surface area contributed by atoms with Crippen LogP contribution < -0.4 is 5.32 Å². The summed E-state index contributed by atoms with van der Waals surface area (Å²) < 4.78 is 2.03. The first-order valence-electron chi connectivity index (χ1n) is 5.91. The Morgan fingerprint density at radius 3 is 2.90 bits per heavy atom. The maximum atomic E-state index is 11.2. The van der Waals surface area contributed by atoms with E-state index < -0.39 is 0 Å². The van der Waals surface area contributed by atoms with Gasteiger partial charge in [-0.05, 0) is 46.9 Å². The maximum Gasteiger partial charge on any atom is 0.221 e. The van der Waals surface area contributed by atoms with Crippen molar-refractivity contribution in [1.82, 2.24) is 9.97 Å². The van der Waals surface area contributed by atoms with E-state index in [9.17, 15) is 4.79 Å². The Bertz CT molecular complexity index is 800. The van der Waals surface area contributed by atoms with Crippen LogP contribution in [0.1, 0.15) is 6.92 Å². The molecule has 0 radical (unpaired) electrons. The number of thiophene rings is 1. The number of halogens is 1. The number of anilines is 1. The van der Waals surface area contributed by atoms with Gasteiger partial charge >= 0.3 is 0 Å². The van der Waals surface area contributed by atoms with Gasteiger partial charge in [-0.15, -0.1) is 11.3 Å². The number of nitrogens with one attached hydrogen (secondary N) is 1. The number of aromatic nitrogens is 2. The van der Waals surface area contributed by atoms with Gasteiger partial charge in [0.15, 0.2) is 0 Å². The zero-order chi connectivity index (χ0) is 14.1. The largest absolute Gasteiger partial charge is 0.326 e. The van der Waals surface area contributed by atoms with Crippen LogP contribution in [0.2, 0.25) is 0 Å². The fraction of sp³-hybridized carbons (Fsp3) is 0.0714. The molecule has 0 aliphatic carbocycles. The number of hydrogen-bond acceptors (Lipinski definition) is 4. The number of fused-ring (bicyclic) bond motifs is 1. The quantitative estimate of drug-likeness (QED) is 0.529. The molecule has 0 saturated carbocycles. The minimum absolute atomic E-state index is 0.0677. The third kappa shape index (κ3) is 2.66. The number of benzene rings is 1. The molecule has 1 amide bonds. The highest BCUT2D eigenvalue weighted by molar-refractivity contribution is 14.1. The molecule has 2 aromatic heterocycles. The minimum Gasteiger partial charge on any atom is -0.326 e. The van der Waals surface area contributed by atoms with Gasteiger partial charge in [-0.2, -0.15) is 0 Å². The van der Waals surface area contributed by atoms with E-state index in [1.165, 1.54) is 6.92 Å². The van der Waals surface area contributed by atoms with E-state index in [4.69, 9.17) is 0 Å². The van der Waals surface area contributed by atoms with Crippen LogP contribution in [0, 0.1) is 3.70 Å². The van der Waals surface area contributed by atoms with Gasteiger partial charge < -0.3 is 5.32 Å². The zero-order valence-electron chi connectivity index (χ0n) is 10.6. The summed E-state index contributed by atoms with van der Waals surface area (Å²) in [5, 5.41) is 3.90. The number of hydrogen-bond donors (Lipinski definition) is 1. The van der Waals surface area contributed by atoms with Crippen LogP contribution in [-0.4, -0.2) is 15.9 Å². The second-order valence-corrected chi connectivity index (χ2v) is 6.42. The Kier molecular flexibility index (Phi) is 3.66. The fourth-order valence-corrected chi connectivity index (χ4v) is 3.43. The van der Waals surface area contributed by atoms with Crippen LogP contribution in [0.25, 0.3) is 20.7 Å². The van der Waals surface area contributed by atoms with Crippen molar-refractivity contribution in [3.8, 4) is 10.6 Å². The van der Waals surface area contributed by atoms with Crippen LogP contribution >= 0.6 is 33.9 Å². The van der Waals surface area contributed by atoms with E-state index in [-0.39, 0.29) is 5.91 Å². The van der Waals surface area contributed by atoms with E-state index in [1.807, 2.05) is 24.3 Å². The highest BCUT2D eigenvalue weighted by Crippen LogP contribution is 2.36. The van der Waals surface area contributed by atoms with Gasteiger partial charge in [0, 0.05) is 22.7 Å². The predicted octanol–water partition coefficient (Wildman–Crippen LogP) is 3.92. The van der Waals surface area contributed by atoms with Crippen LogP contribution in [0.4, 0.5) is 5.69 Å². The molecule has 0 unspecified atom stereocenters. The molecule has 0 fully saturated rings. The Morgan fingerprint density at radius 1 is 1.30 bits per heavy atom. The molecule has 3 aromatic rings. The van der Waals surface area contributed by atoms with Crippen molar-refractivity contribution in [3.63, 3.8) is 0 Å². The van der Waals surface area contributed by atoms with Crippen molar-refractivity contribution in [1.29, 1.82) is 0 Å². The highest BCUT2D eigenvalue weighted by atomic mass is 127. The molecule has 3 rings (SSSR count). The molecule has 1 N–H and O–H groups in total. The summed E-state index contributed by atoms with van der Waals surface area (Å²) >= 11 is 3.83. The van der Waals surface area contributed by atoms with E-state index >= 15 is 0 Å². The summed E-state index contributed by atoms with van der Waals surface area (Å²) in [6.07, 6.45) is 1.57. The van der Waals surface area contributed by atoms with Crippen LogP contribution in [-0.2, 0) is 4.79 Å². The summed E-state index contributed by atoms with van der Waals surface area (Å²) in [5.74, 6) is -0.0677. The molecule has 0 aliphatic heterocycles. The molecular weight excluding hydrogens is 385 g/mol.